The van der Waals surface area contributed by atoms with E-state index < -0.39 is 10.0 Å². The van der Waals surface area contributed by atoms with E-state index in [0.717, 1.165) is 5.56 Å². The first kappa shape index (κ1) is 23.3. The predicted molar refractivity (Wildman–Crippen MR) is 128 cm³/mol. The Hall–Kier alpha value is -3.85. The van der Waals surface area contributed by atoms with Gasteiger partial charge in [-0.25, -0.2) is 8.42 Å². The molecule has 0 atom stereocenters. The SMILES string of the molecule is CN(CC(=O)NCc1ccco1)C(=O)/C=C/c1ccc(S(=O)(=O)N2CCc3ccccc32)cc1. The Bertz CT molecular complexity index is 1300. The van der Waals surface area contributed by atoms with Gasteiger partial charge in [-0.3, -0.25) is 13.9 Å². The van der Waals surface area contributed by atoms with E-state index in [-0.39, 0.29) is 29.8 Å². The van der Waals surface area contributed by atoms with E-state index in [9.17, 15) is 18.0 Å². The molecule has 4 rings (SSSR count). The highest BCUT2D eigenvalue weighted by molar-refractivity contribution is 7.92. The van der Waals surface area contributed by atoms with Crippen molar-refractivity contribution in [3.63, 3.8) is 0 Å². The van der Waals surface area contributed by atoms with Crippen LogP contribution in [0, 0.1) is 0 Å². The van der Waals surface area contributed by atoms with Crippen LogP contribution in [-0.4, -0.2) is 45.3 Å². The molecule has 176 valence electrons. The molecule has 34 heavy (non-hydrogen) atoms. The van der Waals surface area contributed by atoms with Gasteiger partial charge in [0.05, 0.1) is 29.9 Å². The van der Waals surface area contributed by atoms with Crippen molar-refractivity contribution in [2.75, 3.05) is 24.4 Å². The zero-order valence-electron chi connectivity index (χ0n) is 18.7. The standard InChI is InChI=1S/C25H25N3O5S/c1-27(18-24(29)26-17-21-6-4-16-33-21)25(30)13-10-19-8-11-22(12-9-19)34(31,32)28-15-14-20-5-2-3-7-23(20)28/h2-13,16H,14-15,17-18H2,1H3,(H,26,29)/b13-10+. The summed E-state index contributed by atoms with van der Waals surface area (Å²) in [7, 11) is -2.14. The first-order chi connectivity index (χ1) is 16.3. The Balaban J connectivity index is 1.34. The summed E-state index contributed by atoms with van der Waals surface area (Å²) in [6, 6.07) is 17.3. The average molecular weight is 480 g/mol. The fourth-order valence-corrected chi connectivity index (χ4v) is 5.18. The summed E-state index contributed by atoms with van der Waals surface area (Å²) in [5, 5.41) is 2.68. The third kappa shape index (κ3) is 5.20. The number of benzene rings is 2. The summed E-state index contributed by atoms with van der Waals surface area (Å²) in [5.41, 5.74) is 2.40. The van der Waals surface area contributed by atoms with Crippen molar-refractivity contribution in [3.05, 3.63) is 89.9 Å². The van der Waals surface area contributed by atoms with Crippen molar-refractivity contribution >= 4 is 33.6 Å². The lowest BCUT2D eigenvalue weighted by Crippen LogP contribution is -2.37. The van der Waals surface area contributed by atoms with Gasteiger partial charge in [0, 0.05) is 19.7 Å². The largest absolute Gasteiger partial charge is 0.467 e. The molecule has 0 aliphatic carbocycles. The number of hydrogen-bond acceptors (Lipinski definition) is 5. The third-order valence-electron chi connectivity index (χ3n) is 5.53. The van der Waals surface area contributed by atoms with E-state index >= 15 is 0 Å². The first-order valence-corrected chi connectivity index (χ1v) is 12.2. The number of anilines is 1. The zero-order chi connectivity index (χ0) is 24.1. The van der Waals surface area contributed by atoms with Crippen LogP contribution in [0.3, 0.4) is 0 Å². The van der Waals surface area contributed by atoms with Crippen molar-refractivity contribution in [2.45, 2.75) is 17.9 Å². The van der Waals surface area contributed by atoms with Crippen LogP contribution in [0.5, 0.6) is 0 Å². The molecule has 8 nitrogen and oxygen atoms in total. The molecule has 0 saturated heterocycles. The predicted octanol–water partition coefficient (Wildman–Crippen LogP) is 2.82. The molecule has 2 amide bonds. The average Bonchev–Trinajstić information content (AvgIpc) is 3.51. The van der Waals surface area contributed by atoms with Crippen LogP contribution in [0.25, 0.3) is 6.08 Å². The van der Waals surface area contributed by atoms with Crippen LogP contribution in [0.4, 0.5) is 5.69 Å². The highest BCUT2D eigenvalue weighted by Crippen LogP contribution is 2.32. The van der Waals surface area contributed by atoms with Crippen LogP contribution in [0.15, 0.2) is 82.3 Å². The highest BCUT2D eigenvalue weighted by Gasteiger charge is 2.30. The maximum atomic E-state index is 13.1. The molecule has 1 aromatic heterocycles. The van der Waals surface area contributed by atoms with Gasteiger partial charge in [0.1, 0.15) is 5.76 Å². The Morgan fingerprint density at radius 1 is 1.09 bits per heavy atom. The van der Waals surface area contributed by atoms with Gasteiger partial charge in [-0.1, -0.05) is 30.3 Å². The molecule has 9 heteroatoms. The Morgan fingerprint density at radius 2 is 1.85 bits per heavy atom. The summed E-state index contributed by atoms with van der Waals surface area (Å²) in [6.45, 7) is 0.569. The van der Waals surface area contributed by atoms with E-state index in [2.05, 4.69) is 5.32 Å². The van der Waals surface area contributed by atoms with Crippen molar-refractivity contribution in [1.82, 2.24) is 10.2 Å². The van der Waals surface area contributed by atoms with Gasteiger partial charge in [0.2, 0.25) is 11.8 Å². The lowest BCUT2D eigenvalue weighted by atomic mass is 10.2. The van der Waals surface area contributed by atoms with Gasteiger partial charge < -0.3 is 14.6 Å². The van der Waals surface area contributed by atoms with E-state index in [4.69, 9.17) is 4.42 Å². The van der Waals surface area contributed by atoms with E-state index in [1.807, 2.05) is 24.3 Å². The smallest absolute Gasteiger partial charge is 0.264 e. The summed E-state index contributed by atoms with van der Waals surface area (Å²) < 4.78 is 32.8. The fraction of sp³-hybridized carbons (Fsp3) is 0.200. The monoisotopic (exact) mass is 479 g/mol. The molecule has 0 bridgehead atoms. The molecule has 2 aromatic carbocycles. The van der Waals surface area contributed by atoms with Crippen LogP contribution in [-0.2, 0) is 32.6 Å². The number of para-hydroxylation sites is 1. The summed E-state index contributed by atoms with van der Waals surface area (Å²) >= 11 is 0. The lowest BCUT2D eigenvalue weighted by Gasteiger charge is -2.19. The lowest BCUT2D eigenvalue weighted by molar-refractivity contribution is -0.131. The first-order valence-electron chi connectivity index (χ1n) is 10.8. The normalized spacial score (nSPS) is 13.1. The highest BCUT2D eigenvalue weighted by atomic mass is 32.2. The van der Waals surface area contributed by atoms with E-state index in [0.29, 0.717) is 30.0 Å². The Labute approximate surface area is 198 Å². The molecule has 0 spiro atoms. The number of amides is 2. The summed E-state index contributed by atoms with van der Waals surface area (Å²) in [6.07, 6.45) is 5.14. The van der Waals surface area contributed by atoms with Crippen molar-refractivity contribution < 1.29 is 22.4 Å². The Kier molecular flexibility index (Phi) is 6.83. The minimum atomic E-state index is -3.67. The number of rotatable bonds is 8. The number of hydrogen-bond donors (Lipinski definition) is 1. The quantitative estimate of drug-likeness (QED) is 0.501. The molecule has 2 heterocycles. The summed E-state index contributed by atoms with van der Waals surface area (Å²) in [4.78, 5) is 25.8. The molecular formula is C25H25N3O5S. The van der Waals surface area contributed by atoms with E-state index in [1.165, 1.54) is 40.7 Å². The molecule has 1 aliphatic heterocycles. The molecule has 0 unspecified atom stereocenters. The van der Waals surface area contributed by atoms with Gasteiger partial charge >= 0.3 is 0 Å². The number of fused-ring (bicyclic) bond motifs is 1. The molecular weight excluding hydrogens is 454 g/mol. The van der Waals surface area contributed by atoms with Crippen LogP contribution < -0.4 is 9.62 Å². The van der Waals surface area contributed by atoms with E-state index in [1.54, 1.807) is 30.3 Å². The van der Waals surface area contributed by atoms with Gasteiger partial charge in [-0.15, -0.1) is 0 Å². The third-order valence-corrected chi connectivity index (χ3v) is 7.36. The number of sulfonamides is 1. The van der Waals surface area contributed by atoms with Crippen molar-refractivity contribution in [2.24, 2.45) is 0 Å². The molecule has 1 aliphatic rings. The zero-order valence-corrected chi connectivity index (χ0v) is 19.5. The Morgan fingerprint density at radius 3 is 2.59 bits per heavy atom. The van der Waals surface area contributed by atoms with Crippen LogP contribution in [0.2, 0.25) is 0 Å². The number of nitrogens with one attached hydrogen (secondary N) is 1. The summed E-state index contributed by atoms with van der Waals surface area (Å²) in [5.74, 6) is -0.0288. The maximum absolute atomic E-state index is 13.1. The van der Waals surface area contributed by atoms with Crippen LogP contribution >= 0.6 is 0 Å². The van der Waals surface area contributed by atoms with Crippen molar-refractivity contribution in [3.8, 4) is 0 Å². The molecule has 0 fully saturated rings. The van der Waals surface area contributed by atoms with Gasteiger partial charge in [-0.2, -0.15) is 0 Å². The number of carbonyl (C=O) groups excluding carboxylic acids is 2. The molecule has 3 aromatic rings. The molecule has 0 saturated carbocycles. The van der Waals surface area contributed by atoms with Crippen molar-refractivity contribution in [1.29, 1.82) is 0 Å². The van der Waals surface area contributed by atoms with Gasteiger partial charge in [-0.05, 0) is 54.0 Å². The number of nitrogens with zero attached hydrogens (tertiary/aromatic N) is 2. The van der Waals surface area contributed by atoms with Gasteiger partial charge in [0.15, 0.2) is 0 Å². The minimum absolute atomic E-state index is 0.0988. The number of furan rings is 1. The minimum Gasteiger partial charge on any atom is -0.467 e. The second-order valence-corrected chi connectivity index (χ2v) is 9.77. The number of carbonyl (C=O) groups is 2. The number of likely N-dealkylation sites (N-methyl/N-ethyl adjacent to an activating group) is 1. The second-order valence-electron chi connectivity index (χ2n) is 7.91. The fourth-order valence-electron chi connectivity index (χ4n) is 3.68. The molecule has 1 N–H and O–H groups in total. The maximum Gasteiger partial charge on any atom is 0.264 e. The second kappa shape index (κ2) is 9.96. The van der Waals surface area contributed by atoms with Gasteiger partial charge in [0.25, 0.3) is 10.0 Å². The topological polar surface area (TPSA) is 99.9 Å². The molecule has 0 radical (unpaired) electrons. The van der Waals surface area contributed by atoms with Crippen LogP contribution in [0.1, 0.15) is 16.9 Å².